The van der Waals surface area contributed by atoms with E-state index in [9.17, 15) is 23.8 Å². The van der Waals surface area contributed by atoms with Gasteiger partial charge in [-0.3, -0.25) is 4.79 Å². The number of aromatic nitrogens is 2. The number of ether oxygens (including phenoxy) is 1. The number of carbonyl (C=O) groups excluding carboxylic acids is 1. The fraction of sp³-hybridized carbons (Fsp3) is 0.467. The van der Waals surface area contributed by atoms with Crippen LogP contribution in [0.3, 0.4) is 0 Å². The molecule has 2 aliphatic heterocycles. The Bertz CT molecular complexity index is 1300. The number of benzene rings is 2. The third-order valence-electron chi connectivity index (χ3n) is 7.90. The van der Waals surface area contributed by atoms with Crippen LogP contribution in [-0.2, 0) is 16.1 Å². The summed E-state index contributed by atoms with van der Waals surface area (Å²) in [6.45, 7) is 4.01. The molecule has 1 amide bonds. The summed E-state index contributed by atoms with van der Waals surface area (Å²) in [5.41, 5.74) is 1.26. The second-order valence-electron chi connectivity index (χ2n) is 10.8. The molecule has 10 heteroatoms. The number of carbonyl (C=O) groups is 1. The van der Waals surface area contributed by atoms with Crippen LogP contribution in [0, 0.1) is 23.5 Å². The Labute approximate surface area is 232 Å². The summed E-state index contributed by atoms with van der Waals surface area (Å²) >= 11 is 0. The number of amides is 1. The number of β-amino-alcohol motifs (C(OH)–C–C–N with tert-alkyl or cyclic N) is 1. The maximum absolute atomic E-state index is 14.9. The molecule has 0 aliphatic carbocycles. The number of nitrogens with one attached hydrogen (secondary N) is 1. The molecule has 2 aromatic carbocycles. The molecule has 5 rings (SSSR count). The van der Waals surface area contributed by atoms with E-state index in [0.717, 1.165) is 23.8 Å². The Hall–Kier alpha value is -3.18. The first kappa shape index (κ1) is 28.4. The summed E-state index contributed by atoms with van der Waals surface area (Å²) in [5, 5.41) is 24.2. The van der Waals surface area contributed by atoms with Crippen molar-refractivity contribution in [2.75, 3.05) is 32.8 Å². The molecule has 214 valence electrons. The van der Waals surface area contributed by atoms with Crippen LogP contribution in [0.25, 0.3) is 11.3 Å². The standard InChI is InChI=1S/C30H36F2N4O4/c1-19(37)30(39)36(17-22-14-33-15-27(22)38)28(21-9-11-40-12-10-21)29-34-26(24-13-23(31)7-8-25(24)32)18-35(29)16-20-5-3-2-4-6-20/h2-8,13,18-19,21-22,27-28,33,37-38H,9-12,14-17H2,1H3/t19-,22-,27+,28+/m0/s1. The fourth-order valence-electron chi connectivity index (χ4n) is 5.77. The molecule has 40 heavy (non-hydrogen) atoms. The SMILES string of the molecule is C[C@H](O)C(=O)N(C[C@@H]1CNC[C@H]1O)[C@@H](c1nc(-c2cc(F)ccc2F)cn1Cc1ccccc1)C1CCOCC1. The van der Waals surface area contributed by atoms with Gasteiger partial charge in [0.2, 0.25) is 0 Å². The number of halogens is 2. The molecular weight excluding hydrogens is 518 g/mol. The maximum atomic E-state index is 14.9. The van der Waals surface area contributed by atoms with Gasteiger partial charge < -0.3 is 29.7 Å². The summed E-state index contributed by atoms with van der Waals surface area (Å²) in [7, 11) is 0. The molecule has 0 saturated carbocycles. The molecule has 0 bridgehead atoms. The molecule has 3 N–H and O–H groups in total. The summed E-state index contributed by atoms with van der Waals surface area (Å²) in [6, 6.07) is 12.4. The van der Waals surface area contributed by atoms with Gasteiger partial charge in [0, 0.05) is 57.1 Å². The van der Waals surface area contributed by atoms with E-state index >= 15 is 0 Å². The predicted molar refractivity (Wildman–Crippen MR) is 145 cm³/mol. The monoisotopic (exact) mass is 554 g/mol. The number of hydrogen-bond donors (Lipinski definition) is 3. The summed E-state index contributed by atoms with van der Waals surface area (Å²) in [5.74, 6) is -1.43. The highest BCUT2D eigenvalue weighted by Gasteiger charge is 2.40. The normalized spacial score (nSPS) is 21.3. The third kappa shape index (κ3) is 6.25. The first-order valence-electron chi connectivity index (χ1n) is 13.8. The molecule has 1 aromatic heterocycles. The minimum Gasteiger partial charge on any atom is -0.391 e. The zero-order valence-corrected chi connectivity index (χ0v) is 22.5. The third-order valence-corrected chi connectivity index (χ3v) is 7.90. The Morgan fingerprint density at radius 3 is 2.60 bits per heavy atom. The summed E-state index contributed by atoms with van der Waals surface area (Å²) in [4.78, 5) is 20.1. The second kappa shape index (κ2) is 12.6. The van der Waals surface area contributed by atoms with Gasteiger partial charge in [0.15, 0.2) is 0 Å². The minimum absolute atomic E-state index is 0.0302. The van der Waals surface area contributed by atoms with Gasteiger partial charge in [0.25, 0.3) is 5.91 Å². The van der Waals surface area contributed by atoms with Crippen LogP contribution in [0.5, 0.6) is 0 Å². The molecule has 0 spiro atoms. The van der Waals surface area contributed by atoms with Crippen LogP contribution in [0.1, 0.15) is 37.2 Å². The number of nitrogens with zero attached hydrogens (tertiary/aromatic N) is 3. The van der Waals surface area contributed by atoms with Gasteiger partial charge >= 0.3 is 0 Å². The molecule has 0 unspecified atom stereocenters. The van der Waals surface area contributed by atoms with E-state index in [4.69, 9.17) is 9.72 Å². The highest BCUT2D eigenvalue weighted by molar-refractivity contribution is 5.80. The van der Waals surface area contributed by atoms with Crippen LogP contribution in [-0.4, -0.2) is 75.6 Å². The van der Waals surface area contributed by atoms with Crippen molar-refractivity contribution in [3.05, 3.63) is 77.8 Å². The molecule has 0 radical (unpaired) electrons. The largest absolute Gasteiger partial charge is 0.391 e. The van der Waals surface area contributed by atoms with Crippen LogP contribution in [0.4, 0.5) is 8.78 Å². The van der Waals surface area contributed by atoms with Gasteiger partial charge in [0.1, 0.15) is 23.6 Å². The van der Waals surface area contributed by atoms with E-state index in [2.05, 4.69) is 5.32 Å². The van der Waals surface area contributed by atoms with Crippen LogP contribution in [0.15, 0.2) is 54.7 Å². The Kier molecular flexibility index (Phi) is 8.90. The lowest BCUT2D eigenvalue weighted by Crippen LogP contribution is -2.48. The molecule has 4 atom stereocenters. The quantitative estimate of drug-likeness (QED) is 0.376. The van der Waals surface area contributed by atoms with Gasteiger partial charge in [-0.15, -0.1) is 0 Å². The Balaban J connectivity index is 1.65. The van der Waals surface area contributed by atoms with Gasteiger partial charge in [-0.25, -0.2) is 13.8 Å². The van der Waals surface area contributed by atoms with Gasteiger partial charge in [-0.2, -0.15) is 0 Å². The van der Waals surface area contributed by atoms with E-state index in [1.165, 1.54) is 6.92 Å². The van der Waals surface area contributed by atoms with Crippen LogP contribution in [0.2, 0.25) is 0 Å². The number of hydrogen-bond acceptors (Lipinski definition) is 6. The predicted octanol–water partition coefficient (Wildman–Crippen LogP) is 3.13. The average Bonchev–Trinajstić information content (AvgIpc) is 3.56. The number of rotatable bonds is 9. The van der Waals surface area contributed by atoms with Crippen molar-refractivity contribution < 1.29 is 28.5 Å². The summed E-state index contributed by atoms with van der Waals surface area (Å²) in [6.07, 6.45) is 1.10. The van der Waals surface area contributed by atoms with E-state index in [1.54, 1.807) is 11.1 Å². The smallest absolute Gasteiger partial charge is 0.251 e. The van der Waals surface area contributed by atoms with Crippen molar-refractivity contribution in [1.29, 1.82) is 0 Å². The first-order valence-corrected chi connectivity index (χ1v) is 13.8. The molecule has 8 nitrogen and oxygen atoms in total. The highest BCUT2D eigenvalue weighted by atomic mass is 19.1. The average molecular weight is 555 g/mol. The second-order valence-corrected chi connectivity index (χ2v) is 10.8. The molecular formula is C30H36F2N4O4. The Morgan fingerprint density at radius 1 is 1.18 bits per heavy atom. The lowest BCUT2D eigenvalue weighted by atomic mass is 9.88. The fourth-order valence-corrected chi connectivity index (χ4v) is 5.77. The van der Waals surface area contributed by atoms with E-state index in [0.29, 0.717) is 51.5 Å². The number of imidazole rings is 1. The summed E-state index contributed by atoms with van der Waals surface area (Å²) < 4.78 is 36.6. The van der Waals surface area contributed by atoms with Crippen molar-refractivity contribution in [2.24, 2.45) is 11.8 Å². The lowest BCUT2D eigenvalue weighted by Gasteiger charge is -2.40. The topological polar surface area (TPSA) is 99.9 Å². The Morgan fingerprint density at radius 2 is 1.93 bits per heavy atom. The van der Waals surface area contributed by atoms with Gasteiger partial charge in [0.05, 0.1) is 17.8 Å². The van der Waals surface area contributed by atoms with Crippen molar-refractivity contribution in [1.82, 2.24) is 19.8 Å². The van der Waals surface area contributed by atoms with Crippen molar-refractivity contribution >= 4 is 5.91 Å². The van der Waals surface area contributed by atoms with E-state index in [-0.39, 0.29) is 29.6 Å². The zero-order valence-electron chi connectivity index (χ0n) is 22.5. The van der Waals surface area contributed by atoms with Crippen molar-refractivity contribution in [3.8, 4) is 11.3 Å². The molecule has 3 heterocycles. The van der Waals surface area contributed by atoms with Gasteiger partial charge in [-0.1, -0.05) is 30.3 Å². The maximum Gasteiger partial charge on any atom is 0.251 e. The first-order chi connectivity index (χ1) is 19.3. The van der Waals surface area contributed by atoms with Crippen molar-refractivity contribution in [2.45, 2.75) is 44.6 Å². The number of aliphatic hydroxyl groups excluding tert-OH is 2. The zero-order chi connectivity index (χ0) is 28.2. The molecule has 3 aromatic rings. The minimum atomic E-state index is -1.27. The lowest BCUT2D eigenvalue weighted by molar-refractivity contribution is -0.145. The number of aliphatic hydroxyl groups is 2. The van der Waals surface area contributed by atoms with E-state index < -0.39 is 35.8 Å². The molecule has 2 fully saturated rings. The molecule has 2 saturated heterocycles. The van der Waals surface area contributed by atoms with Crippen molar-refractivity contribution in [3.63, 3.8) is 0 Å². The van der Waals surface area contributed by atoms with Crippen LogP contribution >= 0.6 is 0 Å². The van der Waals surface area contributed by atoms with Crippen LogP contribution < -0.4 is 5.32 Å². The van der Waals surface area contributed by atoms with Gasteiger partial charge in [-0.05, 0) is 49.4 Å². The van der Waals surface area contributed by atoms with E-state index in [1.807, 2.05) is 34.9 Å². The highest BCUT2D eigenvalue weighted by Crippen LogP contribution is 2.38. The molecule has 2 aliphatic rings.